The fraction of sp³-hybridized carbons (Fsp3) is 0.375. The van der Waals surface area contributed by atoms with Crippen LogP contribution < -0.4 is 9.47 Å². The molecule has 0 aliphatic rings. The van der Waals surface area contributed by atoms with Gasteiger partial charge in [0.05, 0.1) is 25.7 Å². The zero-order valence-corrected chi connectivity index (χ0v) is 20.3. The molecule has 0 radical (unpaired) electrons. The van der Waals surface area contributed by atoms with Gasteiger partial charge in [0.2, 0.25) is 5.91 Å². The van der Waals surface area contributed by atoms with Crippen molar-refractivity contribution in [3.63, 3.8) is 0 Å². The first-order valence-corrected chi connectivity index (χ1v) is 11.4. The van der Waals surface area contributed by atoms with Crippen LogP contribution in [-0.2, 0) is 11.2 Å². The number of ether oxygens (including phenoxy) is 2. The molecule has 0 spiro atoms. The molecule has 170 valence electrons. The number of amides is 1. The Morgan fingerprint density at radius 2 is 1.78 bits per heavy atom. The number of thioether (sulfide) groups is 1. The summed E-state index contributed by atoms with van der Waals surface area (Å²) in [6.45, 7) is 6.66. The highest BCUT2D eigenvalue weighted by atomic mass is 32.2. The summed E-state index contributed by atoms with van der Waals surface area (Å²) < 4.78 is 12.7. The van der Waals surface area contributed by atoms with E-state index in [0.29, 0.717) is 23.8 Å². The second-order valence-electron chi connectivity index (χ2n) is 7.70. The van der Waals surface area contributed by atoms with E-state index in [1.165, 1.54) is 17.3 Å². The molecule has 1 heterocycles. The van der Waals surface area contributed by atoms with Crippen molar-refractivity contribution in [2.24, 2.45) is 0 Å². The van der Waals surface area contributed by atoms with Crippen LogP contribution >= 0.6 is 11.8 Å². The maximum absolute atomic E-state index is 12.7. The number of benzene rings is 2. The minimum atomic E-state index is 0.0450. The monoisotopic (exact) mass is 454 g/mol. The number of carbonyl (C=O) groups excluding carboxylic acids is 1. The first-order chi connectivity index (χ1) is 15.3. The van der Waals surface area contributed by atoms with Crippen LogP contribution in [0.2, 0.25) is 0 Å². The molecule has 3 aromatic rings. The van der Waals surface area contributed by atoms with Crippen LogP contribution in [0.25, 0.3) is 5.69 Å². The van der Waals surface area contributed by atoms with Gasteiger partial charge in [-0.15, -0.1) is 10.2 Å². The number of hydrogen-bond donors (Lipinski definition) is 0. The van der Waals surface area contributed by atoms with Crippen molar-refractivity contribution < 1.29 is 14.3 Å². The number of methoxy groups -OCH3 is 2. The van der Waals surface area contributed by atoms with E-state index in [2.05, 4.69) is 42.2 Å². The van der Waals surface area contributed by atoms with E-state index in [1.54, 1.807) is 19.1 Å². The van der Waals surface area contributed by atoms with Crippen LogP contribution in [0.1, 0.15) is 22.5 Å². The third-order valence-corrected chi connectivity index (χ3v) is 6.25. The molecule has 7 nitrogen and oxygen atoms in total. The summed E-state index contributed by atoms with van der Waals surface area (Å²) in [6, 6.07) is 12.1. The van der Waals surface area contributed by atoms with Gasteiger partial charge in [-0.3, -0.25) is 9.36 Å². The van der Waals surface area contributed by atoms with Gasteiger partial charge in [0.1, 0.15) is 5.82 Å². The number of rotatable bonds is 9. The van der Waals surface area contributed by atoms with Crippen LogP contribution in [0.5, 0.6) is 11.5 Å². The Hall–Kier alpha value is -3.00. The topological polar surface area (TPSA) is 69.5 Å². The highest BCUT2D eigenvalue weighted by Crippen LogP contribution is 2.28. The summed E-state index contributed by atoms with van der Waals surface area (Å²) in [4.78, 5) is 14.5. The molecule has 0 fully saturated rings. The van der Waals surface area contributed by atoms with E-state index in [-0.39, 0.29) is 5.91 Å². The van der Waals surface area contributed by atoms with E-state index in [9.17, 15) is 4.79 Å². The number of aryl methyl sites for hydroxylation is 3. The van der Waals surface area contributed by atoms with Crippen molar-refractivity contribution >= 4 is 17.7 Å². The predicted molar refractivity (Wildman–Crippen MR) is 127 cm³/mol. The number of aromatic nitrogens is 3. The van der Waals surface area contributed by atoms with Gasteiger partial charge in [-0.1, -0.05) is 30.0 Å². The van der Waals surface area contributed by atoms with Crippen molar-refractivity contribution in [1.82, 2.24) is 19.7 Å². The Kier molecular flexibility index (Phi) is 7.80. The van der Waals surface area contributed by atoms with Crippen LogP contribution in [0.4, 0.5) is 0 Å². The molecule has 8 heteroatoms. The van der Waals surface area contributed by atoms with Gasteiger partial charge in [-0.25, -0.2) is 0 Å². The molecule has 2 aromatic carbocycles. The SMILES string of the molecule is COc1ccc(CCN(C)C(=O)CSc2nnc(C)n2-c2cc(C)ccc2C)cc1OC. The molecule has 0 aliphatic heterocycles. The summed E-state index contributed by atoms with van der Waals surface area (Å²) >= 11 is 1.41. The van der Waals surface area contributed by atoms with Crippen molar-refractivity contribution in [2.75, 3.05) is 33.6 Å². The fourth-order valence-corrected chi connectivity index (χ4v) is 4.30. The lowest BCUT2D eigenvalue weighted by Crippen LogP contribution is -2.30. The molecule has 0 bridgehead atoms. The zero-order valence-electron chi connectivity index (χ0n) is 19.5. The van der Waals surface area contributed by atoms with Crippen LogP contribution in [-0.4, -0.2) is 59.1 Å². The molecule has 0 atom stereocenters. The average Bonchev–Trinajstić information content (AvgIpc) is 3.17. The second kappa shape index (κ2) is 10.5. The van der Waals surface area contributed by atoms with E-state index in [4.69, 9.17) is 9.47 Å². The summed E-state index contributed by atoms with van der Waals surface area (Å²) in [6.07, 6.45) is 0.727. The molecule has 32 heavy (non-hydrogen) atoms. The molecule has 0 aliphatic carbocycles. The van der Waals surface area contributed by atoms with Gasteiger partial charge in [-0.05, 0) is 62.1 Å². The first kappa shape index (κ1) is 23.7. The highest BCUT2D eigenvalue weighted by Gasteiger charge is 2.17. The quantitative estimate of drug-likeness (QED) is 0.455. The summed E-state index contributed by atoms with van der Waals surface area (Å²) in [5.41, 5.74) is 4.43. The number of nitrogens with zero attached hydrogens (tertiary/aromatic N) is 4. The summed E-state index contributed by atoms with van der Waals surface area (Å²) in [5.74, 6) is 2.53. The number of carbonyl (C=O) groups is 1. The highest BCUT2D eigenvalue weighted by molar-refractivity contribution is 7.99. The standard InChI is InChI=1S/C24H30N4O3S/c1-16-7-8-17(2)20(13-16)28-18(3)25-26-24(28)32-15-23(29)27(4)12-11-19-9-10-21(30-5)22(14-19)31-6/h7-10,13-14H,11-12,15H2,1-6H3. The van der Waals surface area contributed by atoms with Crippen molar-refractivity contribution in [3.05, 3.63) is 58.9 Å². The minimum Gasteiger partial charge on any atom is -0.493 e. The Labute approximate surface area is 193 Å². The van der Waals surface area contributed by atoms with Gasteiger partial charge in [0.25, 0.3) is 0 Å². The lowest BCUT2D eigenvalue weighted by molar-refractivity contribution is -0.127. The number of likely N-dealkylation sites (N-methyl/N-ethyl adjacent to an activating group) is 1. The molecule has 0 unspecified atom stereocenters. The maximum Gasteiger partial charge on any atom is 0.232 e. The number of hydrogen-bond acceptors (Lipinski definition) is 6. The summed E-state index contributed by atoms with van der Waals surface area (Å²) in [7, 11) is 5.06. The Bertz CT molecular complexity index is 1100. The van der Waals surface area contributed by atoms with Crippen molar-refractivity contribution in [2.45, 2.75) is 32.3 Å². The molecule has 0 saturated carbocycles. The van der Waals surface area contributed by atoms with E-state index >= 15 is 0 Å². The van der Waals surface area contributed by atoms with Gasteiger partial charge < -0.3 is 14.4 Å². The molecular formula is C24H30N4O3S. The van der Waals surface area contributed by atoms with Gasteiger partial charge in [0, 0.05) is 13.6 Å². The smallest absolute Gasteiger partial charge is 0.232 e. The summed E-state index contributed by atoms with van der Waals surface area (Å²) in [5, 5.41) is 9.26. The molecule has 1 aromatic heterocycles. The minimum absolute atomic E-state index is 0.0450. The Morgan fingerprint density at radius 1 is 1.03 bits per heavy atom. The first-order valence-electron chi connectivity index (χ1n) is 10.4. The Balaban J connectivity index is 1.62. The third kappa shape index (κ3) is 5.43. The average molecular weight is 455 g/mol. The molecule has 3 rings (SSSR count). The maximum atomic E-state index is 12.7. The van der Waals surface area contributed by atoms with Gasteiger partial charge in [-0.2, -0.15) is 0 Å². The molecule has 0 N–H and O–H groups in total. The van der Waals surface area contributed by atoms with Crippen LogP contribution in [0.3, 0.4) is 0 Å². The second-order valence-corrected chi connectivity index (χ2v) is 8.64. The largest absolute Gasteiger partial charge is 0.493 e. The molecular weight excluding hydrogens is 424 g/mol. The van der Waals surface area contributed by atoms with E-state index in [1.807, 2.05) is 36.7 Å². The van der Waals surface area contributed by atoms with Crippen LogP contribution in [0.15, 0.2) is 41.6 Å². The van der Waals surface area contributed by atoms with Gasteiger partial charge in [0.15, 0.2) is 16.7 Å². The lowest BCUT2D eigenvalue weighted by Gasteiger charge is -2.18. The fourth-order valence-electron chi connectivity index (χ4n) is 3.37. The third-order valence-electron chi connectivity index (χ3n) is 5.34. The predicted octanol–water partition coefficient (Wildman–Crippen LogP) is 4.00. The van der Waals surface area contributed by atoms with Crippen LogP contribution in [0, 0.1) is 20.8 Å². The van der Waals surface area contributed by atoms with Crippen molar-refractivity contribution in [3.8, 4) is 17.2 Å². The van der Waals surface area contributed by atoms with Crippen molar-refractivity contribution in [1.29, 1.82) is 0 Å². The molecule has 0 saturated heterocycles. The van der Waals surface area contributed by atoms with E-state index in [0.717, 1.165) is 34.2 Å². The van der Waals surface area contributed by atoms with Gasteiger partial charge >= 0.3 is 0 Å². The Morgan fingerprint density at radius 3 is 2.50 bits per heavy atom. The zero-order chi connectivity index (χ0) is 23.3. The molecule has 1 amide bonds. The van der Waals surface area contributed by atoms with E-state index < -0.39 is 0 Å². The lowest BCUT2D eigenvalue weighted by atomic mass is 10.1. The normalized spacial score (nSPS) is 10.8.